The monoisotopic (exact) mass is 344 g/mol. The molecule has 7 atom stereocenters. The van der Waals surface area contributed by atoms with Crippen LogP contribution in [0.5, 0.6) is 0 Å². The van der Waals surface area contributed by atoms with Gasteiger partial charge in [0.15, 0.2) is 0 Å². The third-order valence-electron chi connectivity index (χ3n) is 9.91. The van der Waals surface area contributed by atoms with Crippen LogP contribution in [0.25, 0.3) is 0 Å². The van der Waals surface area contributed by atoms with Gasteiger partial charge < -0.3 is 10.2 Å². The van der Waals surface area contributed by atoms with Gasteiger partial charge in [0, 0.05) is 11.6 Å². The van der Waals surface area contributed by atoms with Gasteiger partial charge in [-0.3, -0.25) is 0 Å². The molecule has 2 heteroatoms. The second-order valence-electron chi connectivity index (χ2n) is 10.9. The first-order chi connectivity index (χ1) is 12.1. The molecule has 0 aromatic rings. The Hall–Kier alpha value is -0.0800. The van der Waals surface area contributed by atoms with Crippen molar-refractivity contribution in [1.82, 2.24) is 10.2 Å². The van der Waals surface area contributed by atoms with Crippen molar-refractivity contribution < 1.29 is 0 Å². The summed E-state index contributed by atoms with van der Waals surface area (Å²) in [5.74, 6) is 4.04. The second-order valence-corrected chi connectivity index (χ2v) is 10.9. The van der Waals surface area contributed by atoms with Gasteiger partial charge in [0.1, 0.15) is 0 Å². The van der Waals surface area contributed by atoms with E-state index in [9.17, 15) is 0 Å². The summed E-state index contributed by atoms with van der Waals surface area (Å²) in [5, 5.41) is 3.95. The molecule has 1 N–H and O–H groups in total. The Bertz CT molecular complexity index is 498. The van der Waals surface area contributed by atoms with Crippen molar-refractivity contribution in [2.24, 2.45) is 29.1 Å². The molecular weight excluding hydrogens is 304 g/mol. The minimum atomic E-state index is 0.468. The highest BCUT2D eigenvalue weighted by Crippen LogP contribution is 2.62. The molecule has 0 amide bonds. The van der Waals surface area contributed by atoms with Crippen molar-refractivity contribution in [3.63, 3.8) is 0 Å². The van der Waals surface area contributed by atoms with Crippen LogP contribution >= 0.6 is 0 Å². The molecule has 2 heterocycles. The summed E-state index contributed by atoms with van der Waals surface area (Å²) in [6.07, 6.45) is 16.4. The first-order valence-electron chi connectivity index (χ1n) is 11.6. The molecular formula is C23H40N2. The number of fused-ring (bicyclic) bond motifs is 5. The number of rotatable bonds is 1. The zero-order chi connectivity index (χ0) is 17.1. The molecule has 2 nitrogen and oxygen atoms in total. The van der Waals surface area contributed by atoms with Crippen LogP contribution in [0.2, 0.25) is 0 Å². The van der Waals surface area contributed by atoms with Crippen LogP contribution in [0.1, 0.15) is 84.5 Å². The number of hydrogen-bond donors (Lipinski definition) is 1. The molecule has 2 saturated heterocycles. The van der Waals surface area contributed by atoms with E-state index in [1.54, 1.807) is 6.42 Å². The first kappa shape index (κ1) is 17.0. The van der Waals surface area contributed by atoms with E-state index in [-0.39, 0.29) is 0 Å². The van der Waals surface area contributed by atoms with E-state index < -0.39 is 0 Å². The zero-order valence-electron chi connectivity index (χ0n) is 16.7. The molecule has 2 aliphatic heterocycles. The van der Waals surface area contributed by atoms with E-state index in [0.717, 1.165) is 29.7 Å². The lowest BCUT2D eigenvalue weighted by Gasteiger charge is -2.63. The molecule has 5 rings (SSSR count). The predicted molar refractivity (Wildman–Crippen MR) is 105 cm³/mol. The highest BCUT2D eigenvalue weighted by molar-refractivity contribution is 5.09. The fourth-order valence-electron chi connectivity index (χ4n) is 8.44. The van der Waals surface area contributed by atoms with Crippen molar-refractivity contribution in [1.29, 1.82) is 0 Å². The summed E-state index contributed by atoms with van der Waals surface area (Å²) in [6, 6.07) is 0.933. The SMILES string of the molecule is C[C@@]12CC[C@@H](N3CCCC3)C[C@@H]1CC[C@@H]1[C@@H]2CC[C@]2(C)NCCC[C@@H]12. The fourth-order valence-corrected chi connectivity index (χ4v) is 8.44. The van der Waals surface area contributed by atoms with Crippen LogP contribution in [-0.2, 0) is 0 Å². The van der Waals surface area contributed by atoms with Crippen molar-refractivity contribution in [2.45, 2.75) is 96.1 Å². The molecule has 3 saturated carbocycles. The number of piperidine rings is 1. The number of likely N-dealkylation sites (tertiary alicyclic amines) is 1. The maximum atomic E-state index is 3.95. The third-order valence-corrected chi connectivity index (χ3v) is 9.91. The average Bonchev–Trinajstić information content (AvgIpc) is 3.15. The van der Waals surface area contributed by atoms with Gasteiger partial charge in [-0.15, -0.1) is 0 Å². The Balaban J connectivity index is 1.34. The van der Waals surface area contributed by atoms with E-state index in [0.29, 0.717) is 11.0 Å². The topological polar surface area (TPSA) is 15.3 Å². The Labute approximate surface area is 155 Å². The number of hydrogen-bond acceptors (Lipinski definition) is 2. The quantitative estimate of drug-likeness (QED) is 0.732. The van der Waals surface area contributed by atoms with Gasteiger partial charge in [-0.25, -0.2) is 0 Å². The van der Waals surface area contributed by atoms with E-state index >= 15 is 0 Å². The van der Waals surface area contributed by atoms with E-state index in [2.05, 4.69) is 24.1 Å². The lowest BCUT2D eigenvalue weighted by atomic mass is 9.45. The van der Waals surface area contributed by atoms with Gasteiger partial charge in [-0.1, -0.05) is 6.92 Å². The van der Waals surface area contributed by atoms with Crippen LogP contribution in [0.4, 0.5) is 0 Å². The molecule has 25 heavy (non-hydrogen) atoms. The van der Waals surface area contributed by atoms with Crippen LogP contribution < -0.4 is 5.32 Å². The second kappa shape index (κ2) is 6.23. The standard InChI is InChI=1S/C23H40N2/c1-22-11-9-18(25-14-3-4-15-25)16-17(22)7-8-19-20(22)10-12-23(2)21(19)6-5-13-24-23/h17-21,24H,3-16H2,1-2H3/t17-,18+,19+,20-,21-,22+,23-/m0/s1. The Kier molecular flexibility index (Phi) is 4.25. The lowest BCUT2D eigenvalue weighted by molar-refractivity contribution is -0.116. The van der Waals surface area contributed by atoms with E-state index in [1.165, 1.54) is 83.8 Å². The molecule has 5 fully saturated rings. The van der Waals surface area contributed by atoms with Gasteiger partial charge in [-0.05, 0) is 126 Å². The number of nitrogens with one attached hydrogen (secondary N) is 1. The lowest BCUT2D eigenvalue weighted by Crippen LogP contribution is -2.62. The molecule has 5 aliphatic rings. The highest BCUT2D eigenvalue weighted by atomic mass is 15.2. The average molecular weight is 345 g/mol. The van der Waals surface area contributed by atoms with Gasteiger partial charge in [0.2, 0.25) is 0 Å². The van der Waals surface area contributed by atoms with Crippen molar-refractivity contribution in [3.05, 3.63) is 0 Å². The minimum Gasteiger partial charge on any atom is -0.311 e. The summed E-state index contributed by atoms with van der Waals surface area (Å²) < 4.78 is 0. The Morgan fingerprint density at radius 2 is 1.68 bits per heavy atom. The predicted octanol–water partition coefficient (Wildman–Crippen LogP) is 4.84. The van der Waals surface area contributed by atoms with Crippen molar-refractivity contribution in [3.8, 4) is 0 Å². The maximum Gasteiger partial charge on any atom is 0.0184 e. The van der Waals surface area contributed by atoms with Gasteiger partial charge in [0.05, 0.1) is 0 Å². The fraction of sp³-hybridized carbons (Fsp3) is 1.00. The van der Waals surface area contributed by atoms with Crippen LogP contribution in [0, 0.1) is 29.1 Å². The van der Waals surface area contributed by atoms with E-state index in [4.69, 9.17) is 0 Å². The maximum absolute atomic E-state index is 3.95. The van der Waals surface area contributed by atoms with Crippen molar-refractivity contribution >= 4 is 0 Å². The molecule has 0 bridgehead atoms. The van der Waals surface area contributed by atoms with E-state index in [1.807, 2.05) is 0 Å². The molecule has 0 radical (unpaired) electrons. The Morgan fingerprint density at radius 3 is 2.52 bits per heavy atom. The molecule has 0 unspecified atom stereocenters. The van der Waals surface area contributed by atoms with Gasteiger partial charge in [-0.2, -0.15) is 0 Å². The smallest absolute Gasteiger partial charge is 0.0184 e. The Morgan fingerprint density at radius 1 is 0.840 bits per heavy atom. The highest BCUT2D eigenvalue weighted by Gasteiger charge is 2.57. The summed E-state index contributed by atoms with van der Waals surface area (Å²) in [4.78, 5) is 2.86. The largest absolute Gasteiger partial charge is 0.311 e. The molecule has 0 aromatic heterocycles. The zero-order valence-corrected chi connectivity index (χ0v) is 16.7. The molecule has 142 valence electrons. The molecule has 3 aliphatic carbocycles. The van der Waals surface area contributed by atoms with Gasteiger partial charge in [0.25, 0.3) is 0 Å². The van der Waals surface area contributed by atoms with Gasteiger partial charge >= 0.3 is 0 Å². The normalized spacial score (nSPS) is 53.8. The minimum absolute atomic E-state index is 0.468. The molecule has 0 spiro atoms. The van der Waals surface area contributed by atoms with Crippen LogP contribution in [0.15, 0.2) is 0 Å². The summed E-state index contributed by atoms with van der Waals surface area (Å²) in [7, 11) is 0. The summed E-state index contributed by atoms with van der Waals surface area (Å²) in [5.41, 5.74) is 1.13. The first-order valence-corrected chi connectivity index (χ1v) is 11.6. The summed E-state index contributed by atoms with van der Waals surface area (Å²) >= 11 is 0. The van der Waals surface area contributed by atoms with Crippen LogP contribution in [0.3, 0.4) is 0 Å². The molecule has 0 aromatic carbocycles. The van der Waals surface area contributed by atoms with Crippen LogP contribution in [-0.4, -0.2) is 36.1 Å². The summed E-state index contributed by atoms with van der Waals surface area (Å²) in [6.45, 7) is 9.35. The third kappa shape index (κ3) is 2.64. The van der Waals surface area contributed by atoms with Crippen molar-refractivity contribution in [2.75, 3.05) is 19.6 Å². The number of nitrogens with zero attached hydrogens (tertiary/aromatic N) is 1.